The fourth-order valence-electron chi connectivity index (χ4n) is 3.60. The van der Waals surface area contributed by atoms with Crippen molar-refractivity contribution in [2.75, 3.05) is 18.9 Å². The minimum atomic E-state index is -4.51. The number of sulfonamides is 1. The summed E-state index contributed by atoms with van der Waals surface area (Å²) in [6, 6.07) is 2.26. The number of carbonyl (C=O) groups excluding carboxylic acids is 1. The lowest BCUT2D eigenvalue weighted by Crippen LogP contribution is -2.49. The molecule has 1 N–H and O–H groups in total. The number of amides is 1. The number of benzene rings is 1. The third kappa shape index (κ3) is 4.48. The van der Waals surface area contributed by atoms with Gasteiger partial charge >= 0.3 is 6.18 Å². The Balaban J connectivity index is 1.79. The number of hydroxylamine groups is 2. The van der Waals surface area contributed by atoms with Crippen LogP contribution in [0.15, 0.2) is 18.2 Å². The Morgan fingerprint density at radius 2 is 2.11 bits per heavy atom. The molecule has 1 saturated heterocycles. The molecule has 2 aliphatic rings. The van der Waals surface area contributed by atoms with Crippen molar-refractivity contribution >= 4 is 16.4 Å². The molecule has 0 saturated carbocycles. The number of carbonyl (C=O) groups is 1. The van der Waals surface area contributed by atoms with Crippen molar-refractivity contribution in [3.63, 3.8) is 0 Å². The molecule has 0 aromatic heterocycles. The number of rotatable bonds is 6. The minimum absolute atomic E-state index is 0.117. The molecule has 2 aliphatic heterocycles. The van der Waals surface area contributed by atoms with Crippen molar-refractivity contribution in [1.29, 1.82) is 0 Å². The number of hydrogen-bond acceptors (Lipinski definition) is 5. The summed E-state index contributed by atoms with van der Waals surface area (Å²) in [5.41, 5.74) is 0.145. The molecular formula is C17H21F3N2O5S. The Bertz CT molecular complexity index is 825. The first-order chi connectivity index (χ1) is 13.1. The fraction of sp³-hybridized carbons (Fsp3) is 0.588. The molecule has 1 amide bonds. The van der Waals surface area contributed by atoms with E-state index in [0.717, 1.165) is 16.4 Å². The normalized spacial score (nSPS) is 21.9. The second-order valence-electron chi connectivity index (χ2n) is 6.95. The zero-order valence-corrected chi connectivity index (χ0v) is 15.7. The smallest absolute Gasteiger partial charge is 0.376 e. The summed E-state index contributed by atoms with van der Waals surface area (Å²) < 4.78 is 71.1. The van der Waals surface area contributed by atoms with Gasteiger partial charge in [-0.2, -0.15) is 17.5 Å². The molecule has 1 fully saturated rings. The van der Waals surface area contributed by atoms with E-state index in [1.54, 1.807) is 0 Å². The van der Waals surface area contributed by atoms with E-state index in [0.29, 0.717) is 35.6 Å². The molecule has 0 aliphatic carbocycles. The number of alkyl halides is 3. The Labute approximate surface area is 160 Å². The SMILES string of the molecule is O=CN(O)[C@H](CS(=O)(=O)N1CCc2ccc(C(F)(F)F)cc2C1)[C@H]1CCCO1. The summed E-state index contributed by atoms with van der Waals surface area (Å²) in [5.74, 6) is -0.568. The Hall–Kier alpha value is -1.69. The van der Waals surface area contributed by atoms with Crippen LogP contribution >= 0.6 is 0 Å². The van der Waals surface area contributed by atoms with E-state index in [4.69, 9.17) is 4.74 Å². The van der Waals surface area contributed by atoms with Gasteiger partial charge in [-0.15, -0.1) is 0 Å². The van der Waals surface area contributed by atoms with Crippen LogP contribution in [-0.4, -0.2) is 60.5 Å². The molecule has 156 valence electrons. The van der Waals surface area contributed by atoms with Gasteiger partial charge in [0, 0.05) is 19.7 Å². The molecule has 0 radical (unpaired) electrons. The van der Waals surface area contributed by atoms with Crippen LogP contribution in [0.1, 0.15) is 29.5 Å². The summed E-state index contributed by atoms with van der Waals surface area (Å²) in [6.07, 6.45) is -3.52. The maximum Gasteiger partial charge on any atom is 0.416 e. The number of halogens is 3. The zero-order valence-electron chi connectivity index (χ0n) is 14.9. The van der Waals surface area contributed by atoms with Gasteiger partial charge in [-0.1, -0.05) is 6.07 Å². The number of ether oxygens (including phenoxy) is 1. The van der Waals surface area contributed by atoms with Crippen LogP contribution in [0.5, 0.6) is 0 Å². The molecule has 3 rings (SSSR count). The molecule has 0 bridgehead atoms. The first-order valence-corrected chi connectivity index (χ1v) is 10.4. The van der Waals surface area contributed by atoms with Crippen LogP contribution in [0.4, 0.5) is 13.2 Å². The first-order valence-electron chi connectivity index (χ1n) is 8.83. The van der Waals surface area contributed by atoms with Crippen LogP contribution in [-0.2, 0) is 38.7 Å². The van der Waals surface area contributed by atoms with E-state index in [2.05, 4.69) is 0 Å². The summed E-state index contributed by atoms with van der Waals surface area (Å²) >= 11 is 0. The van der Waals surface area contributed by atoms with Gasteiger partial charge in [0.15, 0.2) is 0 Å². The fourth-order valence-corrected chi connectivity index (χ4v) is 5.32. The van der Waals surface area contributed by atoms with Crippen molar-refractivity contribution in [2.24, 2.45) is 0 Å². The van der Waals surface area contributed by atoms with Crippen molar-refractivity contribution in [3.8, 4) is 0 Å². The average Bonchev–Trinajstić information content (AvgIpc) is 3.18. The third-order valence-corrected chi connectivity index (χ3v) is 6.99. The maximum atomic E-state index is 12.9. The first kappa shape index (κ1) is 21.0. The van der Waals surface area contributed by atoms with E-state index in [9.17, 15) is 31.6 Å². The molecule has 7 nitrogen and oxygen atoms in total. The van der Waals surface area contributed by atoms with Gasteiger partial charge in [-0.25, -0.2) is 13.5 Å². The third-order valence-electron chi connectivity index (χ3n) is 5.13. The highest BCUT2D eigenvalue weighted by molar-refractivity contribution is 7.89. The Morgan fingerprint density at radius 3 is 2.71 bits per heavy atom. The number of hydrogen-bond donors (Lipinski definition) is 1. The second-order valence-corrected chi connectivity index (χ2v) is 8.96. The van der Waals surface area contributed by atoms with Crippen molar-refractivity contribution < 1.29 is 36.3 Å². The molecule has 28 heavy (non-hydrogen) atoms. The molecule has 2 atom stereocenters. The predicted octanol–water partition coefficient (Wildman–Crippen LogP) is 1.79. The van der Waals surface area contributed by atoms with Gasteiger partial charge < -0.3 is 4.74 Å². The molecule has 2 heterocycles. The molecule has 11 heteroatoms. The van der Waals surface area contributed by atoms with Gasteiger partial charge in [-0.3, -0.25) is 10.0 Å². The lowest BCUT2D eigenvalue weighted by molar-refractivity contribution is -0.168. The minimum Gasteiger partial charge on any atom is -0.376 e. The van der Waals surface area contributed by atoms with Gasteiger partial charge in [0.1, 0.15) is 6.04 Å². The van der Waals surface area contributed by atoms with Gasteiger partial charge in [-0.05, 0) is 42.5 Å². The molecule has 0 spiro atoms. The van der Waals surface area contributed by atoms with E-state index < -0.39 is 39.7 Å². The van der Waals surface area contributed by atoms with Crippen LogP contribution < -0.4 is 0 Å². The quantitative estimate of drug-likeness (QED) is 0.429. The highest BCUT2D eigenvalue weighted by Gasteiger charge is 2.38. The van der Waals surface area contributed by atoms with Gasteiger partial charge in [0.05, 0.1) is 17.4 Å². The van der Waals surface area contributed by atoms with Gasteiger partial charge in [0.2, 0.25) is 16.4 Å². The van der Waals surface area contributed by atoms with E-state index in [1.807, 2.05) is 0 Å². The summed E-state index contributed by atoms with van der Waals surface area (Å²) in [6.45, 7) is 0.336. The largest absolute Gasteiger partial charge is 0.416 e. The molecule has 1 aromatic carbocycles. The number of nitrogens with zero attached hydrogens (tertiary/aromatic N) is 2. The monoisotopic (exact) mass is 422 g/mol. The van der Waals surface area contributed by atoms with E-state index in [-0.39, 0.29) is 25.9 Å². The Morgan fingerprint density at radius 1 is 1.36 bits per heavy atom. The highest BCUT2D eigenvalue weighted by Crippen LogP contribution is 2.33. The number of fused-ring (bicyclic) bond motifs is 1. The van der Waals surface area contributed by atoms with Crippen LogP contribution in [0.3, 0.4) is 0 Å². The Kier molecular flexibility index (Phi) is 5.99. The topological polar surface area (TPSA) is 87.2 Å². The van der Waals surface area contributed by atoms with Crippen LogP contribution in [0, 0.1) is 0 Å². The lowest BCUT2D eigenvalue weighted by atomic mass is 9.98. The summed E-state index contributed by atoms with van der Waals surface area (Å²) in [5, 5.41) is 10.1. The predicted molar refractivity (Wildman–Crippen MR) is 91.8 cm³/mol. The van der Waals surface area contributed by atoms with Crippen molar-refractivity contribution in [3.05, 3.63) is 34.9 Å². The average molecular weight is 422 g/mol. The molecular weight excluding hydrogens is 401 g/mol. The van der Waals surface area contributed by atoms with Crippen molar-refractivity contribution in [1.82, 2.24) is 9.37 Å². The zero-order chi connectivity index (χ0) is 20.5. The standard InChI is InChI=1S/C17H21F3N2O5S/c18-17(19,20)14-4-3-12-5-6-21(9-13(12)8-14)28(25,26)10-15(22(24)11-23)16-2-1-7-27-16/h3-4,8,11,15-16,24H,1-2,5-7,9-10H2/t15-,16-/m1/s1. The maximum absolute atomic E-state index is 12.9. The van der Waals surface area contributed by atoms with E-state index >= 15 is 0 Å². The summed E-state index contributed by atoms with van der Waals surface area (Å²) in [7, 11) is -3.95. The van der Waals surface area contributed by atoms with Gasteiger partial charge in [0.25, 0.3) is 0 Å². The molecule has 1 aromatic rings. The second kappa shape index (κ2) is 7.97. The van der Waals surface area contributed by atoms with E-state index in [1.165, 1.54) is 6.07 Å². The van der Waals surface area contributed by atoms with Crippen LogP contribution in [0.25, 0.3) is 0 Å². The highest BCUT2D eigenvalue weighted by atomic mass is 32.2. The lowest BCUT2D eigenvalue weighted by Gasteiger charge is -2.32. The summed E-state index contributed by atoms with van der Waals surface area (Å²) in [4.78, 5) is 11.0. The van der Waals surface area contributed by atoms with Crippen molar-refractivity contribution in [2.45, 2.75) is 44.1 Å². The van der Waals surface area contributed by atoms with Crippen LogP contribution in [0.2, 0.25) is 0 Å². The molecule has 0 unspecified atom stereocenters.